The zero-order chi connectivity index (χ0) is 12.1. The number of hydrogen-bond acceptors (Lipinski definition) is 4. The average molecular weight is 228 g/mol. The molecule has 0 unspecified atom stereocenters. The van der Waals surface area contributed by atoms with Gasteiger partial charge in [0.2, 0.25) is 5.95 Å². The zero-order valence-electron chi connectivity index (χ0n) is 10.1. The SMILES string of the molecule is CCNc1cc(-c2ccccc2)nc(NC)n1. The third-order valence-electron chi connectivity index (χ3n) is 2.38. The number of nitrogens with one attached hydrogen (secondary N) is 2. The average Bonchev–Trinajstić information content (AvgIpc) is 2.40. The largest absolute Gasteiger partial charge is 0.370 e. The molecule has 0 fully saturated rings. The minimum atomic E-state index is 0.627. The molecule has 2 aromatic rings. The third kappa shape index (κ3) is 2.72. The van der Waals surface area contributed by atoms with Crippen LogP contribution in [0.3, 0.4) is 0 Å². The number of anilines is 2. The summed E-state index contributed by atoms with van der Waals surface area (Å²) in [5, 5.41) is 6.17. The van der Waals surface area contributed by atoms with Crippen LogP contribution in [0.5, 0.6) is 0 Å². The van der Waals surface area contributed by atoms with Crippen LogP contribution in [0.15, 0.2) is 36.4 Å². The first-order chi connectivity index (χ1) is 8.33. The van der Waals surface area contributed by atoms with E-state index < -0.39 is 0 Å². The lowest BCUT2D eigenvalue weighted by molar-refractivity contribution is 1.11. The van der Waals surface area contributed by atoms with Gasteiger partial charge in [0.05, 0.1) is 5.69 Å². The Morgan fingerprint density at radius 3 is 2.53 bits per heavy atom. The van der Waals surface area contributed by atoms with Crippen LogP contribution in [0.1, 0.15) is 6.92 Å². The molecule has 2 N–H and O–H groups in total. The first-order valence-corrected chi connectivity index (χ1v) is 5.69. The molecule has 4 heteroatoms. The molecule has 2 rings (SSSR count). The van der Waals surface area contributed by atoms with Gasteiger partial charge in [-0.05, 0) is 6.92 Å². The van der Waals surface area contributed by atoms with Crippen LogP contribution in [0.4, 0.5) is 11.8 Å². The molecule has 1 heterocycles. The predicted molar refractivity (Wildman–Crippen MR) is 71.2 cm³/mol. The van der Waals surface area contributed by atoms with Gasteiger partial charge >= 0.3 is 0 Å². The van der Waals surface area contributed by atoms with Crippen LogP contribution in [-0.4, -0.2) is 23.6 Å². The third-order valence-corrected chi connectivity index (χ3v) is 2.38. The molecule has 88 valence electrons. The van der Waals surface area contributed by atoms with Crippen molar-refractivity contribution in [2.24, 2.45) is 0 Å². The molecule has 0 aliphatic heterocycles. The van der Waals surface area contributed by atoms with Crippen LogP contribution in [0.2, 0.25) is 0 Å². The highest BCUT2D eigenvalue weighted by Crippen LogP contribution is 2.20. The van der Waals surface area contributed by atoms with Crippen molar-refractivity contribution < 1.29 is 0 Å². The number of aromatic nitrogens is 2. The van der Waals surface area contributed by atoms with E-state index in [1.165, 1.54) is 0 Å². The van der Waals surface area contributed by atoms with Crippen molar-refractivity contribution in [3.8, 4) is 11.3 Å². The zero-order valence-corrected chi connectivity index (χ0v) is 10.1. The molecule has 17 heavy (non-hydrogen) atoms. The predicted octanol–water partition coefficient (Wildman–Crippen LogP) is 2.62. The van der Waals surface area contributed by atoms with Gasteiger partial charge in [-0.15, -0.1) is 0 Å². The standard InChI is InChI=1S/C13H16N4/c1-3-15-12-9-11(16-13(14-2)17-12)10-7-5-4-6-8-10/h4-9H,3H2,1-2H3,(H2,14,15,16,17). The van der Waals surface area contributed by atoms with Gasteiger partial charge in [-0.25, -0.2) is 4.98 Å². The van der Waals surface area contributed by atoms with Gasteiger partial charge < -0.3 is 10.6 Å². The van der Waals surface area contributed by atoms with Gasteiger partial charge in [0.1, 0.15) is 5.82 Å². The Bertz CT molecular complexity index is 482. The summed E-state index contributed by atoms with van der Waals surface area (Å²) in [6.07, 6.45) is 0. The molecular formula is C13H16N4. The van der Waals surface area contributed by atoms with Gasteiger partial charge in [0.25, 0.3) is 0 Å². The van der Waals surface area contributed by atoms with Crippen molar-refractivity contribution in [3.63, 3.8) is 0 Å². The van der Waals surface area contributed by atoms with E-state index in [9.17, 15) is 0 Å². The molecule has 0 radical (unpaired) electrons. The summed E-state index contributed by atoms with van der Waals surface area (Å²) in [5.41, 5.74) is 2.01. The second kappa shape index (κ2) is 5.30. The van der Waals surface area contributed by atoms with Gasteiger partial charge in [0.15, 0.2) is 0 Å². The molecule has 0 saturated carbocycles. The highest BCUT2D eigenvalue weighted by atomic mass is 15.1. The molecule has 0 saturated heterocycles. The lowest BCUT2D eigenvalue weighted by Gasteiger charge is -2.08. The highest BCUT2D eigenvalue weighted by Gasteiger charge is 2.04. The van der Waals surface area contributed by atoms with Crippen molar-refractivity contribution in [1.82, 2.24) is 9.97 Å². The fraction of sp³-hybridized carbons (Fsp3) is 0.231. The lowest BCUT2D eigenvalue weighted by atomic mass is 10.1. The summed E-state index contributed by atoms with van der Waals surface area (Å²) in [4.78, 5) is 8.78. The van der Waals surface area contributed by atoms with E-state index in [1.54, 1.807) is 0 Å². The van der Waals surface area contributed by atoms with E-state index in [0.29, 0.717) is 5.95 Å². The highest BCUT2D eigenvalue weighted by molar-refractivity contribution is 5.64. The van der Waals surface area contributed by atoms with Crippen molar-refractivity contribution in [3.05, 3.63) is 36.4 Å². The quantitative estimate of drug-likeness (QED) is 0.844. The van der Waals surface area contributed by atoms with Gasteiger partial charge in [-0.2, -0.15) is 4.98 Å². The van der Waals surface area contributed by atoms with Gasteiger partial charge in [-0.1, -0.05) is 30.3 Å². The number of rotatable bonds is 4. The first-order valence-electron chi connectivity index (χ1n) is 5.69. The Balaban J connectivity index is 2.43. The Labute approximate surface area is 101 Å². The monoisotopic (exact) mass is 228 g/mol. The fourth-order valence-electron chi connectivity index (χ4n) is 1.59. The van der Waals surface area contributed by atoms with E-state index in [0.717, 1.165) is 23.6 Å². The lowest BCUT2D eigenvalue weighted by Crippen LogP contribution is -2.04. The van der Waals surface area contributed by atoms with Gasteiger partial charge in [0, 0.05) is 25.2 Å². The Morgan fingerprint density at radius 2 is 1.88 bits per heavy atom. The molecule has 4 nitrogen and oxygen atoms in total. The molecule has 0 atom stereocenters. The van der Waals surface area contributed by atoms with Crippen LogP contribution in [-0.2, 0) is 0 Å². The van der Waals surface area contributed by atoms with Crippen molar-refractivity contribution in [1.29, 1.82) is 0 Å². The summed E-state index contributed by atoms with van der Waals surface area (Å²) in [6, 6.07) is 12.0. The minimum absolute atomic E-state index is 0.627. The van der Waals surface area contributed by atoms with Crippen molar-refractivity contribution in [2.75, 3.05) is 24.2 Å². The summed E-state index contributed by atoms with van der Waals surface area (Å²) in [6.45, 7) is 2.89. The van der Waals surface area contributed by atoms with Gasteiger partial charge in [-0.3, -0.25) is 0 Å². The number of nitrogens with zero attached hydrogens (tertiary/aromatic N) is 2. The molecule has 1 aromatic heterocycles. The Kier molecular flexibility index (Phi) is 3.55. The summed E-state index contributed by atoms with van der Waals surface area (Å²) in [7, 11) is 1.82. The molecule has 0 aliphatic rings. The normalized spacial score (nSPS) is 10.0. The molecule has 0 spiro atoms. The molecule has 0 aliphatic carbocycles. The molecular weight excluding hydrogens is 212 g/mol. The van der Waals surface area contributed by atoms with E-state index >= 15 is 0 Å². The second-order valence-corrected chi connectivity index (χ2v) is 3.61. The van der Waals surface area contributed by atoms with E-state index in [1.807, 2.05) is 50.4 Å². The van der Waals surface area contributed by atoms with Crippen LogP contribution in [0.25, 0.3) is 11.3 Å². The second-order valence-electron chi connectivity index (χ2n) is 3.61. The Hall–Kier alpha value is -2.10. The van der Waals surface area contributed by atoms with E-state index in [-0.39, 0.29) is 0 Å². The smallest absolute Gasteiger partial charge is 0.224 e. The summed E-state index contributed by atoms with van der Waals surface area (Å²) in [5.74, 6) is 1.47. The van der Waals surface area contributed by atoms with Crippen LogP contribution >= 0.6 is 0 Å². The molecule has 1 aromatic carbocycles. The van der Waals surface area contributed by atoms with Crippen LogP contribution < -0.4 is 10.6 Å². The molecule has 0 amide bonds. The number of hydrogen-bond donors (Lipinski definition) is 2. The maximum atomic E-state index is 4.44. The van der Waals surface area contributed by atoms with Crippen LogP contribution in [0, 0.1) is 0 Å². The fourth-order valence-corrected chi connectivity index (χ4v) is 1.59. The summed E-state index contributed by atoms with van der Waals surface area (Å²) >= 11 is 0. The Morgan fingerprint density at radius 1 is 1.12 bits per heavy atom. The number of benzene rings is 1. The topological polar surface area (TPSA) is 49.8 Å². The van der Waals surface area contributed by atoms with E-state index in [4.69, 9.17) is 0 Å². The van der Waals surface area contributed by atoms with Crippen molar-refractivity contribution >= 4 is 11.8 Å². The van der Waals surface area contributed by atoms with E-state index in [2.05, 4.69) is 20.6 Å². The van der Waals surface area contributed by atoms with Crippen molar-refractivity contribution in [2.45, 2.75) is 6.92 Å². The maximum absolute atomic E-state index is 4.44. The molecule has 0 bridgehead atoms. The summed E-state index contributed by atoms with van der Waals surface area (Å²) < 4.78 is 0. The minimum Gasteiger partial charge on any atom is -0.370 e. The first kappa shape index (κ1) is 11.4. The maximum Gasteiger partial charge on any atom is 0.224 e.